The third kappa shape index (κ3) is 4.07. The van der Waals surface area contributed by atoms with Crippen LogP contribution in [0.5, 0.6) is 5.75 Å². The highest BCUT2D eigenvalue weighted by atomic mass is 35.5. The molecule has 0 aliphatic heterocycles. The van der Waals surface area contributed by atoms with Crippen LogP contribution in [0.15, 0.2) is 79.0 Å². The summed E-state index contributed by atoms with van der Waals surface area (Å²) in [5.74, 6) is 0.336. The quantitative estimate of drug-likeness (QED) is 0.341. The molecule has 0 saturated carbocycles. The number of halogens is 1. The van der Waals surface area contributed by atoms with E-state index in [4.69, 9.17) is 21.6 Å². The van der Waals surface area contributed by atoms with Crippen LogP contribution in [-0.4, -0.2) is 17.0 Å². The Morgan fingerprint density at radius 3 is 2.53 bits per heavy atom. The second-order valence-corrected chi connectivity index (χ2v) is 7.29. The minimum Gasteiger partial charge on any atom is -0.484 e. The number of rotatable bonds is 7. The Morgan fingerprint density at radius 1 is 1.00 bits per heavy atom. The molecule has 0 fully saturated rings. The van der Waals surface area contributed by atoms with E-state index >= 15 is 0 Å². The van der Waals surface area contributed by atoms with Crippen LogP contribution in [0.1, 0.15) is 16.8 Å². The second-order valence-electron chi connectivity index (χ2n) is 6.88. The molecule has 0 N–H and O–H groups in total. The first-order chi connectivity index (χ1) is 14.7. The van der Waals surface area contributed by atoms with Crippen LogP contribution < -0.4 is 4.74 Å². The van der Waals surface area contributed by atoms with E-state index in [2.05, 4.69) is 6.07 Å². The van der Waals surface area contributed by atoms with Gasteiger partial charge in [-0.2, -0.15) is 5.26 Å². The van der Waals surface area contributed by atoms with Gasteiger partial charge in [-0.3, -0.25) is 4.79 Å². The number of para-hydroxylation sites is 1. The van der Waals surface area contributed by atoms with E-state index in [0.717, 1.165) is 22.0 Å². The van der Waals surface area contributed by atoms with Gasteiger partial charge in [0.25, 0.3) is 0 Å². The zero-order valence-electron chi connectivity index (χ0n) is 16.2. The van der Waals surface area contributed by atoms with Crippen molar-refractivity contribution in [3.8, 4) is 22.9 Å². The molecule has 0 amide bonds. The third-order valence-electron chi connectivity index (χ3n) is 4.95. The van der Waals surface area contributed by atoms with Gasteiger partial charge in [0, 0.05) is 29.2 Å². The summed E-state index contributed by atoms with van der Waals surface area (Å²) >= 11 is 6.39. The van der Waals surface area contributed by atoms with Gasteiger partial charge in [0.1, 0.15) is 5.75 Å². The van der Waals surface area contributed by atoms with Gasteiger partial charge in [-0.1, -0.05) is 66.2 Å². The van der Waals surface area contributed by atoms with Crippen LogP contribution in [-0.2, 0) is 6.54 Å². The SMILES string of the molecule is N#CCCn1cc(C(=O)COc2ccc(-c3ccccc3)cc2Cl)c2ccccc21. The van der Waals surface area contributed by atoms with Crippen molar-refractivity contribution in [1.29, 1.82) is 5.26 Å². The molecule has 0 saturated heterocycles. The van der Waals surface area contributed by atoms with Crippen molar-refractivity contribution in [3.63, 3.8) is 0 Å². The average Bonchev–Trinajstić information content (AvgIpc) is 3.16. The van der Waals surface area contributed by atoms with Gasteiger partial charge in [-0.15, -0.1) is 0 Å². The lowest BCUT2D eigenvalue weighted by Gasteiger charge is -2.09. The summed E-state index contributed by atoms with van der Waals surface area (Å²) in [7, 11) is 0. The molecule has 0 bridgehead atoms. The standard InChI is InChI=1S/C25H19ClN2O2/c26-22-15-19(18-7-2-1-3-8-18)11-12-25(22)30-17-24(29)21-16-28(14-6-13-27)23-10-5-4-9-20(21)23/h1-5,7-12,15-16H,6,14,17H2. The number of ketones is 1. The molecule has 0 atom stereocenters. The lowest BCUT2D eigenvalue weighted by Crippen LogP contribution is -2.11. The molecule has 4 aromatic rings. The average molecular weight is 415 g/mol. The topological polar surface area (TPSA) is 55.0 Å². The van der Waals surface area contributed by atoms with E-state index in [1.165, 1.54) is 0 Å². The Labute approximate surface area is 179 Å². The molecular formula is C25H19ClN2O2. The Balaban J connectivity index is 1.52. The summed E-state index contributed by atoms with van der Waals surface area (Å²) in [6.07, 6.45) is 2.18. The molecule has 0 unspecified atom stereocenters. The molecular weight excluding hydrogens is 396 g/mol. The summed E-state index contributed by atoms with van der Waals surface area (Å²) in [5, 5.41) is 10.2. The summed E-state index contributed by atoms with van der Waals surface area (Å²) in [6, 6.07) is 25.3. The van der Waals surface area contributed by atoms with Gasteiger partial charge < -0.3 is 9.30 Å². The Kier molecular flexibility index (Phi) is 5.83. The lowest BCUT2D eigenvalue weighted by molar-refractivity contribution is 0.0923. The van der Waals surface area contributed by atoms with E-state index in [9.17, 15) is 4.79 Å². The van der Waals surface area contributed by atoms with Gasteiger partial charge in [0.05, 0.1) is 17.5 Å². The normalized spacial score (nSPS) is 10.7. The minimum atomic E-state index is -0.134. The molecule has 0 spiro atoms. The number of benzene rings is 3. The van der Waals surface area contributed by atoms with Gasteiger partial charge >= 0.3 is 0 Å². The van der Waals surface area contributed by atoms with E-state index in [-0.39, 0.29) is 12.4 Å². The molecule has 0 aliphatic rings. The Hall–Kier alpha value is -3.55. The predicted octanol–water partition coefficient (Wildman–Crippen LogP) is 6.14. The molecule has 0 radical (unpaired) electrons. The fraction of sp³-hybridized carbons (Fsp3) is 0.120. The number of carbonyl (C=O) groups is 1. The predicted molar refractivity (Wildman–Crippen MR) is 119 cm³/mol. The number of carbonyl (C=O) groups excluding carboxylic acids is 1. The maximum absolute atomic E-state index is 12.9. The van der Waals surface area contributed by atoms with Crippen LogP contribution in [0.3, 0.4) is 0 Å². The molecule has 4 nitrogen and oxygen atoms in total. The summed E-state index contributed by atoms with van der Waals surface area (Å²) in [4.78, 5) is 12.9. The van der Waals surface area contributed by atoms with Crippen molar-refractivity contribution >= 4 is 28.3 Å². The largest absolute Gasteiger partial charge is 0.484 e. The Bertz CT molecular complexity index is 1240. The monoisotopic (exact) mass is 414 g/mol. The number of hydrogen-bond acceptors (Lipinski definition) is 3. The zero-order valence-corrected chi connectivity index (χ0v) is 17.0. The molecule has 0 aliphatic carbocycles. The van der Waals surface area contributed by atoms with Crippen LogP contribution in [0.4, 0.5) is 0 Å². The fourth-order valence-corrected chi connectivity index (χ4v) is 3.71. The molecule has 4 rings (SSSR count). The molecule has 3 aromatic carbocycles. The maximum Gasteiger partial charge on any atom is 0.202 e. The van der Waals surface area contributed by atoms with E-state index in [0.29, 0.717) is 29.3 Å². The van der Waals surface area contributed by atoms with E-state index < -0.39 is 0 Å². The molecule has 1 heterocycles. The van der Waals surface area contributed by atoms with Crippen molar-refractivity contribution in [3.05, 3.63) is 89.6 Å². The third-order valence-corrected chi connectivity index (χ3v) is 5.25. The van der Waals surface area contributed by atoms with Crippen molar-refractivity contribution in [2.75, 3.05) is 6.61 Å². The first-order valence-electron chi connectivity index (χ1n) is 9.63. The number of nitriles is 1. The number of aromatic nitrogens is 1. The van der Waals surface area contributed by atoms with Crippen molar-refractivity contribution in [2.24, 2.45) is 0 Å². The van der Waals surface area contributed by atoms with Gasteiger partial charge in [-0.25, -0.2) is 0 Å². The highest BCUT2D eigenvalue weighted by Crippen LogP contribution is 2.31. The summed E-state index contributed by atoms with van der Waals surface area (Å²) < 4.78 is 7.68. The van der Waals surface area contributed by atoms with Crippen LogP contribution in [0.25, 0.3) is 22.0 Å². The number of Topliss-reactive ketones (excluding diaryl/α,β-unsaturated/α-hetero) is 1. The van der Waals surface area contributed by atoms with Crippen molar-refractivity contribution < 1.29 is 9.53 Å². The number of aryl methyl sites for hydroxylation is 1. The lowest BCUT2D eigenvalue weighted by atomic mass is 10.1. The minimum absolute atomic E-state index is 0.114. The van der Waals surface area contributed by atoms with Crippen LogP contribution in [0.2, 0.25) is 5.02 Å². The molecule has 5 heteroatoms. The zero-order chi connectivity index (χ0) is 20.9. The Morgan fingerprint density at radius 2 is 1.77 bits per heavy atom. The number of ether oxygens (including phenoxy) is 1. The second kappa shape index (κ2) is 8.86. The van der Waals surface area contributed by atoms with Gasteiger partial charge in [0.15, 0.2) is 6.61 Å². The van der Waals surface area contributed by atoms with Crippen LogP contribution in [0, 0.1) is 11.3 Å². The van der Waals surface area contributed by atoms with Gasteiger partial charge in [-0.05, 0) is 29.3 Å². The number of hydrogen-bond donors (Lipinski definition) is 0. The first-order valence-corrected chi connectivity index (χ1v) is 10.0. The van der Waals surface area contributed by atoms with E-state index in [1.807, 2.05) is 71.3 Å². The van der Waals surface area contributed by atoms with Crippen molar-refractivity contribution in [1.82, 2.24) is 4.57 Å². The molecule has 30 heavy (non-hydrogen) atoms. The molecule has 1 aromatic heterocycles. The smallest absolute Gasteiger partial charge is 0.202 e. The maximum atomic E-state index is 12.9. The highest BCUT2D eigenvalue weighted by Gasteiger charge is 2.16. The summed E-state index contributed by atoms with van der Waals surface area (Å²) in [6.45, 7) is 0.425. The summed E-state index contributed by atoms with van der Waals surface area (Å²) in [5.41, 5.74) is 3.56. The number of fused-ring (bicyclic) bond motifs is 1. The fourth-order valence-electron chi connectivity index (χ4n) is 3.47. The highest BCUT2D eigenvalue weighted by molar-refractivity contribution is 6.32. The van der Waals surface area contributed by atoms with Crippen LogP contribution >= 0.6 is 11.6 Å². The van der Waals surface area contributed by atoms with Crippen molar-refractivity contribution in [2.45, 2.75) is 13.0 Å². The number of nitrogens with zero attached hydrogens (tertiary/aromatic N) is 2. The molecule has 148 valence electrons. The van der Waals surface area contributed by atoms with Gasteiger partial charge in [0.2, 0.25) is 5.78 Å². The van der Waals surface area contributed by atoms with E-state index in [1.54, 1.807) is 12.3 Å². The first kappa shape index (κ1) is 19.8.